The zero-order chi connectivity index (χ0) is 7.28. The van der Waals surface area contributed by atoms with Gasteiger partial charge in [0.2, 0.25) is 0 Å². The van der Waals surface area contributed by atoms with Gasteiger partial charge in [-0.1, -0.05) is 27.2 Å². The summed E-state index contributed by atoms with van der Waals surface area (Å²) in [7, 11) is 0. The summed E-state index contributed by atoms with van der Waals surface area (Å²) >= 11 is 0. The second-order valence-electron chi connectivity index (χ2n) is 2.77. The number of hydrogen-bond acceptors (Lipinski definition) is 1. The fourth-order valence-corrected chi connectivity index (χ4v) is 0.786. The van der Waals surface area contributed by atoms with Crippen molar-refractivity contribution in [1.82, 2.24) is 0 Å². The zero-order valence-corrected chi connectivity index (χ0v) is 6.55. The first-order valence-electron chi connectivity index (χ1n) is 3.66. The molecular weight excluding hydrogens is 112 g/mol. The van der Waals surface area contributed by atoms with E-state index >= 15 is 0 Å². The molecule has 0 aromatic carbocycles. The van der Waals surface area contributed by atoms with Crippen LogP contribution in [0.25, 0.3) is 0 Å². The summed E-state index contributed by atoms with van der Waals surface area (Å²) in [5.74, 6) is 1.25. The maximum atomic E-state index is 10.0. The molecule has 0 bridgehead atoms. The summed E-state index contributed by atoms with van der Waals surface area (Å²) in [6, 6.07) is 0. The molecule has 0 amide bonds. The Morgan fingerprint density at radius 1 is 1.33 bits per heavy atom. The van der Waals surface area contributed by atoms with Crippen molar-refractivity contribution < 1.29 is 4.79 Å². The second-order valence-corrected chi connectivity index (χ2v) is 2.77. The third-order valence-electron chi connectivity index (χ3n) is 2.08. The lowest BCUT2D eigenvalue weighted by Crippen LogP contribution is -2.06. The average molecular weight is 128 g/mol. The normalized spacial score (nSPS) is 16.8. The molecule has 0 heterocycles. The Bertz CT molecular complexity index is 78.6. The molecule has 0 radical (unpaired) electrons. The Balaban J connectivity index is 3.44. The van der Waals surface area contributed by atoms with Crippen LogP contribution in [0, 0.1) is 11.8 Å². The molecule has 1 heteroatoms. The van der Waals surface area contributed by atoms with Crippen molar-refractivity contribution in [3.63, 3.8) is 0 Å². The van der Waals surface area contributed by atoms with Gasteiger partial charge < -0.3 is 4.79 Å². The smallest absolute Gasteiger partial charge is 0.120 e. The van der Waals surface area contributed by atoms with Crippen LogP contribution in [0.3, 0.4) is 0 Å². The second kappa shape index (κ2) is 4.54. The Morgan fingerprint density at radius 2 is 1.89 bits per heavy atom. The molecule has 9 heavy (non-hydrogen) atoms. The number of rotatable bonds is 4. The molecule has 0 aliphatic rings. The molecule has 2 atom stereocenters. The van der Waals surface area contributed by atoms with E-state index in [2.05, 4.69) is 20.8 Å². The zero-order valence-electron chi connectivity index (χ0n) is 6.55. The van der Waals surface area contributed by atoms with Gasteiger partial charge in [-0.25, -0.2) is 0 Å². The van der Waals surface area contributed by atoms with E-state index in [0.29, 0.717) is 11.8 Å². The summed E-state index contributed by atoms with van der Waals surface area (Å²) < 4.78 is 0. The van der Waals surface area contributed by atoms with E-state index < -0.39 is 0 Å². The fourth-order valence-electron chi connectivity index (χ4n) is 0.786. The number of hydrogen-bond donors (Lipinski definition) is 0. The van der Waals surface area contributed by atoms with E-state index in [0.717, 1.165) is 12.7 Å². The van der Waals surface area contributed by atoms with Crippen LogP contribution in [-0.4, -0.2) is 6.29 Å². The summed E-state index contributed by atoms with van der Waals surface area (Å²) in [4.78, 5) is 10.0. The topological polar surface area (TPSA) is 17.1 Å². The molecule has 0 aromatic rings. The lowest BCUT2D eigenvalue weighted by Gasteiger charge is -2.14. The van der Waals surface area contributed by atoms with Crippen LogP contribution >= 0.6 is 0 Å². The van der Waals surface area contributed by atoms with Gasteiger partial charge in [0.1, 0.15) is 6.29 Å². The minimum absolute atomic E-state index is 0.562. The highest BCUT2D eigenvalue weighted by Crippen LogP contribution is 2.16. The average Bonchev–Trinajstić information content (AvgIpc) is 1.87. The summed E-state index contributed by atoms with van der Waals surface area (Å²) in [6.07, 6.45) is 2.90. The lowest BCUT2D eigenvalue weighted by atomic mass is 9.91. The van der Waals surface area contributed by atoms with Crippen molar-refractivity contribution in [2.24, 2.45) is 11.8 Å². The van der Waals surface area contributed by atoms with Crippen molar-refractivity contribution in [3.05, 3.63) is 0 Å². The lowest BCUT2D eigenvalue weighted by molar-refractivity contribution is -0.108. The van der Waals surface area contributed by atoms with Crippen LogP contribution in [0.5, 0.6) is 0 Å². The highest BCUT2D eigenvalue weighted by Gasteiger charge is 2.07. The van der Waals surface area contributed by atoms with Crippen molar-refractivity contribution in [1.29, 1.82) is 0 Å². The van der Waals surface area contributed by atoms with Crippen LogP contribution in [0.4, 0.5) is 0 Å². The van der Waals surface area contributed by atoms with Crippen molar-refractivity contribution in [2.45, 2.75) is 33.6 Å². The molecule has 0 aliphatic heterocycles. The third kappa shape index (κ3) is 3.28. The van der Waals surface area contributed by atoms with Crippen LogP contribution < -0.4 is 0 Å². The van der Waals surface area contributed by atoms with Gasteiger partial charge in [0.15, 0.2) is 0 Å². The standard InChI is InChI=1S/C8H16O/c1-4-7(2)8(3)5-6-9/h6-8H,4-5H2,1-3H3. The minimum atomic E-state index is 0.562. The van der Waals surface area contributed by atoms with Gasteiger partial charge in [0.25, 0.3) is 0 Å². The summed E-state index contributed by atoms with van der Waals surface area (Å²) in [5.41, 5.74) is 0. The van der Waals surface area contributed by atoms with E-state index in [4.69, 9.17) is 0 Å². The first-order chi connectivity index (χ1) is 4.22. The molecule has 0 rings (SSSR count). The Morgan fingerprint density at radius 3 is 2.22 bits per heavy atom. The molecule has 0 fully saturated rings. The molecule has 0 aliphatic carbocycles. The third-order valence-corrected chi connectivity index (χ3v) is 2.08. The van der Waals surface area contributed by atoms with Gasteiger partial charge in [-0.3, -0.25) is 0 Å². The van der Waals surface area contributed by atoms with Crippen molar-refractivity contribution in [3.8, 4) is 0 Å². The van der Waals surface area contributed by atoms with Crippen LogP contribution in [-0.2, 0) is 4.79 Å². The largest absolute Gasteiger partial charge is 0.303 e. The predicted molar refractivity (Wildman–Crippen MR) is 39.3 cm³/mol. The SMILES string of the molecule is CCC(C)C(C)CC=O. The highest BCUT2D eigenvalue weighted by molar-refractivity contribution is 5.49. The predicted octanol–water partition coefficient (Wildman–Crippen LogP) is 2.26. The van der Waals surface area contributed by atoms with E-state index in [1.54, 1.807) is 0 Å². The van der Waals surface area contributed by atoms with Gasteiger partial charge in [-0.15, -0.1) is 0 Å². The van der Waals surface area contributed by atoms with Gasteiger partial charge in [-0.05, 0) is 11.8 Å². The van der Waals surface area contributed by atoms with Gasteiger partial charge in [0.05, 0.1) is 0 Å². The maximum Gasteiger partial charge on any atom is 0.120 e. The van der Waals surface area contributed by atoms with Crippen molar-refractivity contribution >= 4 is 6.29 Å². The van der Waals surface area contributed by atoms with E-state index in [1.807, 2.05) is 0 Å². The van der Waals surface area contributed by atoms with Gasteiger partial charge >= 0.3 is 0 Å². The number of aldehydes is 1. The quantitative estimate of drug-likeness (QED) is 0.531. The number of carbonyl (C=O) groups is 1. The molecule has 0 spiro atoms. The highest BCUT2D eigenvalue weighted by atomic mass is 16.1. The van der Waals surface area contributed by atoms with E-state index in [1.165, 1.54) is 6.42 Å². The van der Waals surface area contributed by atoms with Crippen LogP contribution in [0.2, 0.25) is 0 Å². The first-order valence-corrected chi connectivity index (χ1v) is 3.66. The van der Waals surface area contributed by atoms with E-state index in [9.17, 15) is 4.79 Å². The molecular formula is C8H16O. The van der Waals surface area contributed by atoms with Crippen LogP contribution in [0.1, 0.15) is 33.6 Å². The molecule has 2 unspecified atom stereocenters. The Hall–Kier alpha value is -0.330. The maximum absolute atomic E-state index is 10.0. The molecule has 0 N–H and O–H groups in total. The Kier molecular flexibility index (Phi) is 4.37. The monoisotopic (exact) mass is 128 g/mol. The number of carbonyl (C=O) groups excluding carboxylic acids is 1. The van der Waals surface area contributed by atoms with Gasteiger partial charge in [0, 0.05) is 6.42 Å². The molecule has 1 nitrogen and oxygen atoms in total. The fraction of sp³-hybridized carbons (Fsp3) is 0.875. The van der Waals surface area contributed by atoms with Crippen LogP contribution in [0.15, 0.2) is 0 Å². The first kappa shape index (κ1) is 8.67. The van der Waals surface area contributed by atoms with E-state index in [-0.39, 0.29) is 0 Å². The summed E-state index contributed by atoms with van der Waals surface area (Å²) in [5, 5.41) is 0. The Labute approximate surface area is 57.5 Å². The molecule has 0 saturated carbocycles. The molecule has 54 valence electrons. The minimum Gasteiger partial charge on any atom is -0.303 e. The molecule has 0 aromatic heterocycles. The van der Waals surface area contributed by atoms with Crippen molar-refractivity contribution in [2.75, 3.05) is 0 Å². The molecule has 0 saturated heterocycles. The summed E-state index contributed by atoms with van der Waals surface area (Å²) in [6.45, 7) is 6.47. The van der Waals surface area contributed by atoms with Gasteiger partial charge in [-0.2, -0.15) is 0 Å².